The van der Waals surface area contributed by atoms with Gasteiger partial charge in [-0.3, -0.25) is 4.79 Å². The topological polar surface area (TPSA) is 52.3 Å². The summed E-state index contributed by atoms with van der Waals surface area (Å²) in [4.78, 5) is 11.4. The number of hydrogen-bond acceptors (Lipinski definition) is 3. The van der Waals surface area contributed by atoms with Crippen molar-refractivity contribution in [1.29, 1.82) is 0 Å². The Morgan fingerprint density at radius 3 is 2.44 bits per heavy atom. The first-order valence-electron chi connectivity index (χ1n) is 5.59. The van der Waals surface area contributed by atoms with Gasteiger partial charge >= 0.3 is 5.97 Å². The van der Waals surface area contributed by atoms with E-state index in [1.807, 2.05) is 24.3 Å². The molecule has 1 aliphatic carbocycles. The van der Waals surface area contributed by atoms with Gasteiger partial charge in [0.1, 0.15) is 0 Å². The summed E-state index contributed by atoms with van der Waals surface area (Å²) in [6, 6.07) is 7.84. The van der Waals surface area contributed by atoms with Crippen LogP contribution in [0.4, 0.5) is 5.69 Å². The lowest BCUT2D eigenvalue weighted by molar-refractivity contribution is -0.143. The van der Waals surface area contributed by atoms with E-state index < -0.39 is 0 Å². The highest BCUT2D eigenvalue weighted by molar-refractivity contribution is 5.71. The van der Waals surface area contributed by atoms with E-state index in [9.17, 15) is 4.79 Å². The van der Waals surface area contributed by atoms with Crippen LogP contribution >= 0.6 is 0 Å². The van der Waals surface area contributed by atoms with E-state index >= 15 is 0 Å². The van der Waals surface area contributed by atoms with Crippen LogP contribution in [0.3, 0.4) is 0 Å². The minimum Gasteiger partial charge on any atom is -0.469 e. The molecule has 1 saturated carbocycles. The molecule has 0 aromatic heterocycles. The van der Waals surface area contributed by atoms with E-state index in [0.717, 1.165) is 18.5 Å². The molecule has 0 unspecified atom stereocenters. The van der Waals surface area contributed by atoms with Crippen LogP contribution in [0, 0.1) is 0 Å². The Labute approximate surface area is 95.6 Å². The summed E-state index contributed by atoms with van der Waals surface area (Å²) in [5.74, 6) is -0.128. The normalized spacial score (nSPS) is 17.6. The lowest BCUT2D eigenvalue weighted by atomic mass is 9.62. The first-order valence-corrected chi connectivity index (χ1v) is 5.59. The number of nitrogens with two attached hydrogens (primary N) is 1. The van der Waals surface area contributed by atoms with E-state index in [2.05, 4.69) is 0 Å². The van der Waals surface area contributed by atoms with E-state index in [-0.39, 0.29) is 11.4 Å². The number of nitrogen functional groups attached to an aromatic ring is 1. The van der Waals surface area contributed by atoms with Crippen molar-refractivity contribution < 1.29 is 9.53 Å². The molecule has 1 aromatic rings. The molecular formula is C13H17NO2. The highest BCUT2D eigenvalue weighted by Gasteiger charge is 2.40. The molecule has 0 spiro atoms. The fraction of sp³-hybridized carbons (Fsp3) is 0.462. The van der Waals surface area contributed by atoms with Gasteiger partial charge in [0.25, 0.3) is 0 Å². The number of esters is 1. The van der Waals surface area contributed by atoms with Crippen molar-refractivity contribution in [2.45, 2.75) is 31.1 Å². The monoisotopic (exact) mass is 219 g/mol. The lowest BCUT2D eigenvalue weighted by Gasteiger charge is -2.41. The third-order valence-electron chi connectivity index (χ3n) is 3.54. The summed E-state index contributed by atoms with van der Waals surface area (Å²) in [6.45, 7) is 0. The van der Waals surface area contributed by atoms with Gasteiger partial charge in [0.15, 0.2) is 0 Å². The summed E-state index contributed by atoms with van der Waals surface area (Å²) in [5.41, 5.74) is 7.63. The molecule has 86 valence electrons. The molecule has 0 aliphatic heterocycles. The predicted octanol–water partition coefficient (Wildman–Crippen LogP) is 2.25. The number of anilines is 1. The van der Waals surface area contributed by atoms with Crippen LogP contribution < -0.4 is 5.73 Å². The zero-order valence-corrected chi connectivity index (χ0v) is 9.53. The second-order valence-corrected chi connectivity index (χ2v) is 4.51. The Balaban J connectivity index is 2.21. The van der Waals surface area contributed by atoms with E-state index in [1.165, 1.54) is 19.1 Å². The lowest BCUT2D eigenvalue weighted by Crippen LogP contribution is -2.36. The number of rotatable bonds is 3. The Morgan fingerprint density at radius 2 is 2.00 bits per heavy atom. The average molecular weight is 219 g/mol. The molecule has 1 aliphatic rings. The maximum Gasteiger partial charge on any atom is 0.306 e. The van der Waals surface area contributed by atoms with Gasteiger partial charge < -0.3 is 10.5 Å². The quantitative estimate of drug-likeness (QED) is 0.626. The zero-order chi connectivity index (χ0) is 11.6. The predicted molar refractivity (Wildman–Crippen MR) is 63.0 cm³/mol. The molecule has 1 fully saturated rings. The van der Waals surface area contributed by atoms with E-state index in [4.69, 9.17) is 10.5 Å². The second kappa shape index (κ2) is 4.16. The number of methoxy groups -OCH3 is 1. The summed E-state index contributed by atoms with van der Waals surface area (Å²) in [7, 11) is 1.44. The molecule has 3 nitrogen and oxygen atoms in total. The van der Waals surface area contributed by atoms with Gasteiger partial charge in [0.05, 0.1) is 13.5 Å². The number of carbonyl (C=O) groups is 1. The van der Waals surface area contributed by atoms with Crippen LogP contribution in [0.1, 0.15) is 31.2 Å². The van der Waals surface area contributed by atoms with Crippen LogP contribution in [0.25, 0.3) is 0 Å². The van der Waals surface area contributed by atoms with Crippen LogP contribution in [0.2, 0.25) is 0 Å². The summed E-state index contributed by atoms with van der Waals surface area (Å²) >= 11 is 0. The molecule has 2 rings (SSSR count). The molecule has 3 heteroatoms. The zero-order valence-electron chi connectivity index (χ0n) is 9.53. The first-order chi connectivity index (χ1) is 7.66. The third-order valence-corrected chi connectivity index (χ3v) is 3.54. The summed E-state index contributed by atoms with van der Waals surface area (Å²) in [5, 5.41) is 0. The number of carbonyl (C=O) groups excluding carboxylic acids is 1. The molecule has 0 bridgehead atoms. The average Bonchev–Trinajstić information content (AvgIpc) is 2.24. The second-order valence-electron chi connectivity index (χ2n) is 4.51. The van der Waals surface area contributed by atoms with Crippen molar-refractivity contribution in [3.8, 4) is 0 Å². The molecular weight excluding hydrogens is 202 g/mol. The van der Waals surface area contributed by atoms with Gasteiger partial charge in [-0.15, -0.1) is 0 Å². The first kappa shape index (κ1) is 11.0. The third kappa shape index (κ3) is 1.90. The van der Waals surface area contributed by atoms with Crippen LogP contribution in [0.15, 0.2) is 24.3 Å². The van der Waals surface area contributed by atoms with Crippen molar-refractivity contribution in [2.24, 2.45) is 0 Å². The van der Waals surface area contributed by atoms with Gasteiger partial charge in [-0.25, -0.2) is 0 Å². The Morgan fingerprint density at radius 1 is 1.38 bits per heavy atom. The number of benzene rings is 1. The van der Waals surface area contributed by atoms with Gasteiger partial charge in [-0.2, -0.15) is 0 Å². The minimum atomic E-state index is -0.128. The summed E-state index contributed by atoms with van der Waals surface area (Å²) < 4.78 is 4.76. The van der Waals surface area contributed by atoms with Crippen LogP contribution in [0.5, 0.6) is 0 Å². The largest absolute Gasteiger partial charge is 0.469 e. The van der Waals surface area contributed by atoms with Gasteiger partial charge in [-0.05, 0) is 30.5 Å². The smallest absolute Gasteiger partial charge is 0.306 e. The molecule has 0 atom stereocenters. The Kier molecular flexibility index (Phi) is 2.86. The van der Waals surface area contributed by atoms with Crippen molar-refractivity contribution >= 4 is 11.7 Å². The number of ether oxygens (including phenoxy) is 1. The molecule has 1 aromatic carbocycles. The Hall–Kier alpha value is -1.51. The van der Waals surface area contributed by atoms with Gasteiger partial charge in [0, 0.05) is 11.1 Å². The number of hydrogen-bond donors (Lipinski definition) is 1. The molecule has 0 saturated heterocycles. The van der Waals surface area contributed by atoms with Crippen LogP contribution in [-0.2, 0) is 14.9 Å². The minimum absolute atomic E-state index is 0.000787. The maximum atomic E-state index is 11.4. The van der Waals surface area contributed by atoms with Crippen LogP contribution in [-0.4, -0.2) is 13.1 Å². The van der Waals surface area contributed by atoms with Crippen molar-refractivity contribution in [3.05, 3.63) is 29.8 Å². The van der Waals surface area contributed by atoms with Crippen molar-refractivity contribution in [3.63, 3.8) is 0 Å². The highest BCUT2D eigenvalue weighted by Crippen LogP contribution is 2.46. The SMILES string of the molecule is COC(=O)CC1(c2ccc(N)cc2)CCC1. The Bertz CT molecular complexity index is 379. The molecule has 2 N–H and O–H groups in total. The fourth-order valence-corrected chi connectivity index (χ4v) is 2.36. The molecule has 0 amide bonds. The summed E-state index contributed by atoms with van der Waals surface area (Å²) in [6.07, 6.45) is 3.78. The van der Waals surface area contributed by atoms with Crippen molar-refractivity contribution in [1.82, 2.24) is 0 Å². The molecule has 0 radical (unpaired) electrons. The molecule has 16 heavy (non-hydrogen) atoms. The van der Waals surface area contributed by atoms with Gasteiger partial charge in [-0.1, -0.05) is 18.6 Å². The maximum absolute atomic E-state index is 11.4. The van der Waals surface area contributed by atoms with Gasteiger partial charge in [0.2, 0.25) is 0 Å². The fourth-order valence-electron chi connectivity index (χ4n) is 2.36. The molecule has 0 heterocycles. The highest BCUT2D eigenvalue weighted by atomic mass is 16.5. The van der Waals surface area contributed by atoms with Crippen molar-refractivity contribution in [2.75, 3.05) is 12.8 Å². The standard InChI is InChI=1S/C13H17NO2/c1-16-12(15)9-13(7-2-8-13)10-3-5-11(14)6-4-10/h3-6H,2,7-9,14H2,1H3. The van der Waals surface area contributed by atoms with E-state index in [0.29, 0.717) is 6.42 Å². The van der Waals surface area contributed by atoms with E-state index in [1.54, 1.807) is 0 Å².